The van der Waals surface area contributed by atoms with Crippen molar-refractivity contribution in [3.63, 3.8) is 0 Å². The summed E-state index contributed by atoms with van der Waals surface area (Å²) < 4.78 is 0. The maximum atomic E-state index is 6.42. The number of aromatic nitrogens is 1. The van der Waals surface area contributed by atoms with Crippen LogP contribution in [0, 0.1) is 5.92 Å². The minimum atomic E-state index is 0.162. The number of rotatable bonds is 1. The van der Waals surface area contributed by atoms with Gasteiger partial charge >= 0.3 is 0 Å². The Balaban J connectivity index is 1.85. The first-order valence-electron chi connectivity index (χ1n) is 7.07. The Morgan fingerprint density at radius 2 is 2.05 bits per heavy atom. The summed E-state index contributed by atoms with van der Waals surface area (Å²) in [6.07, 6.45) is 7.43. The highest BCUT2D eigenvalue weighted by Gasteiger charge is 2.39. The van der Waals surface area contributed by atoms with Gasteiger partial charge < -0.3 is 5.32 Å². The number of halogens is 2. The van der Waals surface area contributed by atoms with Crippen molar-refractivity contribution in [2.45, 2.75) is 18.4 Å². The molecule has 21 heavy (non-hydrogen) atoms. The fourth-order valence-corrected chi connectivity index (χ4v) is 3.84. The topological polar surface area (TPSA) is 24.9 Å². The minimum absolute atomic E-state index is 0.162. The normalized spacial score (nSPS) is 26.1. The SMILES string of the molecule is Clc1ccc2c(c1Cl)N[C@H](c1ccccn1)[C@H]1CC=C[C@H]21. The molecule has 1 aliphatic heterocycles. The Morgan fingerprint density at radius 1 is 1.14 bits per heavy atom. The zero-order valence-electron chi connectivity index (χ0n) is 11.3. The molecule has 0 radical (unpaired) electrons. The van der Waals surface area contributed by atoms with Crippen LogP contribution in [0.1, 0.15) is 29.6 Å². The van der Waals surface area contributed by atoms with Gasteiger partial charge in [-0.3, -0.25) is 4.98 Å². The molecule has 0 spiro atoms. The Labute approximate surface area is 133 Å². The number of benzene rings is 1. The Kier molecular flexibility index (Phi) is 3.16. The van der Waals surface area contributed by atoms with Crippen LogP contribution in [-0.2, 0) is 0 Å². The van der Waals surface area contributed by atoms with Crippen LogP contribution in [0.2, 0.25) is 10.0 Å². The van der Waals surface area contributed by atoms with E-state index in [0.717, 1.165) is 17.8 Å². The number of nitrogens with zero attached hydrogens (tertiary/aromatic N) is 1. The summed E-state index contributed by atoms with van der Waals surface area (Å²) >= 11 is 12.6. The van der Waals surface area contributed by atoms with Crippen LogP contribution in [0.5, 0.6) is 0 Å². The van der Waals surface area contributed by atoms with Gasteiger partial charge in [0.25, 0.3) is 0 Å². The lowest BCUT2D eigenvalue weighted by molar-refractivity contribution is 0.419. The molecule has 1 aromatic heterocycles. The van der Waals surface area contributed by atoms with Gasteiger partial charge in [-0.25, -0.2) is 0 Å². The van der Waals surface area contributed by atoms with Crippen molar-refractivity contribution in [1.82, 2.24) is 4.98 Å². The summed E-state index contributed by atoms with van der Waals surface area (Å²) in [5.41, 5.74) is 3.24. The van der Waals surface area contributed by atoms with E-state index >= 15 is 0 Å². The molecule has 3 atom stereocenters. The van der Waals surface area contributed by atoms with Crippen LogP contribution >= 0.6 is 23.2 Å². The van der Waals surface area contributed by atoms with E-state index in [-0.39, 0.29) is 6.04 Å². The molecule has 0 bridgehead atoms. The van der Waals surface area contributed by atoms with E-state index in [1.54, 1.807) is 0 Å². The van der Waals surface area contributed by atoms with E-state index in [9.17, 15) is 0 Å². The van der Waals surface area contributed by atoms with Gasteiger partial charge in [0.15, 0.2) is 0 Å². The van der Waals surface area contributed by atoms with Gasteiger partial charge in [0.1, 0.15) is 0 Å². The molecule has 1 N–H and O–H groups in total. The number of pyridine rings is 1. The van der Waals surface area contributed by atoms with Gasteiger partial charge in [-0.1, -0.05) is 47.5 Å². The molecule has 2 aliphatic rings. The van der Waals surface area contributed by atoms with Gasteiger partial charge in [-0.05, 0) is 36.1 Å². The lowest BCUT2D eigenvalue weighted by Gasteiger charge is -2.37. The third kappa shape index (κ3) is 2.05. The summed E-state index contributed by atoms with van der Waals surface area (Å²) in [6, 6.07) is 10.2. The lowest BCUT2D eigenvalue weighted by atomic mass is 9.78. The van der Waals surface area contributed by atoms with Crippen LogP contribution in [0.15, 0.2) is 48.7 Å². The fraction of sp³-hybridized carbons (Fsp3) is 0.235. The summed E-state index contributed by atoms with van der Waals surface area (Å²) in [7, 11) is 0. The van der Waals surface area contributed by atoms with E-state index in [4.69, 9.17) is 23.2 Å². The third-order valence-corrected chi connectivity index (χ3v) is 5.24. The van der Waals surface area contributed by atoms with Crippen LogP contribution in [-0.4, -0.2) is 4.98 Å². The quantitative estimate of drug-likeness (QED) is 0.730. The first-order chi connectivity index (χ1) is 10.3. The second-order valence-electron chi connectivity index (χ2n) is 5.56. The molecule has 0 saturated carbocycles. The van der Waals surface area contributed by atoms with Crippen molar-refractivity contribution in [1.29, 1.82) is 0 Å². The maximum Gasteiger partial charge on any atom is 0.0826 e. The smallest absolute Gasteiger partial charge is 0.0826 e. The number of nitrogens with one attached hydrogen (secondary N) is 1. The number of anilines is 1. The minimum Gasteiger partial charge on any atom is -0.375 e. The molecular formula is C17H14Cl2N2. The highest BCUT2D eigenvalue weighted by atomic mass is 35.5. The highest BCUT2D eigenvalue weighted by molar-refractivity contribution is 6.43. The van der Waals surface area contributed by atoms with Gasteiger partial charge in [-0.15, -0.1) is 0 Å². The Hall–Kier alpha value is -1.51. The lowest BCUT2D eigenvalue weighted by Crippen LogP contribution is -2.29. The molecule has 0 unspecified atom stereocenters. The van der Waals surface area contributed by atoms with E-state index in [1.165, 1.54) is 5.56 Å². The predicted molar refractivity (Wildman–Crippen MR) is 87.1 cm³/mol. The zero-order valence-corrected chi connectivity index (χ0v) is 12.8. The fourth-order valence-electron chi connectivity index (χ4n) is 3.46. The van der Waals surface area contributed by atoms with Crippen LogP contribution in [0.3, 0.4) is 0 Å². The number of fused-ring (bicyclic) bond motifs is 3. The van der Waals surface area contributed by atoms with Crippen molar-refractivity contribution in [2.24, 2.45) is 5.92 Å². The third-order valence-electron chi connectivity index (χ3n) is 4.43. The second kappa shape index (κ2) is 5.04. The van der Waals surface area contributed by atoms with Gasteiger partial charge in [-0.2, -0.15) is 0 Å². The molecule has 0 saturated heterocycles. The number of hydrogen-bond donors (Lipinski definition) is 1. The first-order valence-corrected chi connectivity index (χ1v) is 7.83. The summed E-state index contributed by atoms with van der Waals surface area (Å²) in [5.74, 6) is 0.854. The highest BCUT2D eigenvalue weighted by Crippen LogP contribution is 2.52. The average molecular weight is 317 g/mol. The molecule has 4 heteroatoms. The summed E-state index contributed by atoms with van der Waals surface area (Å²) in [5, 5.41) is 4.77. The molecular weight excluding hydrogens is 303 g/mol. The largest absolute Gasteiger partial charge is 0.375 e. The average Bonchev–Trinajstić information content (AvgIpc) is 3.00. The van der Waals surface area contributed by atoms with Crippen LogP contribution < -0.4 is 5.32 Å². The molecule has 0 fully saturated rings. The molecule has 4 rings (SSSR count). The standard InChI is InChI=1S/C17H14Cl2N2/c18-13-8-7-12-10-4-3-5-11(10)16(21-17(12)15(13)19)14-6-1-2-9-20-14/h1-4,6-11,16,21H,5H2/t10-,11-,16-/m0/s1. The van der Waals surface area contributed by atoms with Crippen LogP contribution in [0.25, 0.3) is 0 Å². The second-order valence-corrected chi connectivity index (χ2v) is 6.34. The molecule has 2 heterocycles. The van der Waals surface area contributed by atoms with E-state index in [2.05, 4.69) is 34.6 Å². The van der Waals surface area contributed by atoms with Gasteiger partial charge in [0, 0.05) is 12.1 Å². The first kappa shape index (κ1) is 13.2. The molecule has 1 aromatic carbocycles. The van der Waals surface area contributed by atoms with Crippen molar-refractivity contribution in [3.05, 3.63) is 70.0 Å². The monoisotopic (exact) mass is 316 g/mol. The number of hydrogen-bond acceptors (Lipinski definition) is 2. The zero-order chi connectivity index (χ0) is 14.4. The predicted octanol–water partition coefficient (Wildman–Crippen LogP) is 5.21. The van der Waals surface area contributed by atoms with Gasteiger partial charge in [0.05, 0.1) is 27.5 Å². The van der Waals surface area contributed by atoms with E-state index in [1.807, 2.05) is 24.4 Å². The van der Waals surface area contributed by atoms with Crippen molar-refractivity contribution in [2.75, 3.05) is 5.32 Å². The molecule has 2 aromatic rings. The molecule has 106 valence electrons. The Morgan fingerprint density at radius 3 is 2.86 bits per heavy atom. The molecule has 0 amide bonds. The van der Waals surface area contributed by atoms with Crippen molar-refractivity contribution in [3.8, 4) is 0 Å². The molecule has 2 nitrogen and oxygen atoms in total. The van der Waals surface area contributed by atoms with E-state index in [0.29, 0.717) is 21.9 Å². The molecule has 1 aliphatic carbocycles. The van der Waals surface area contributed by atoms with E-state index < -0.39 is 0 Å². The number of allylic oxidation sites excluding steroid dienone is 2. The Bertz CT molecular complexity index is 712. The maximum absolute atomic E-state index is 6.42. The summed E-state index contributed by atoms with van der Waals surface area (Å²) in [4.78, 5) is 4.52. The summed E-state index contributed by atoms with van der Waals surface area (Å²) in [6.45, 7) is 0. The van der Waals surface area contributed by atoms with Gasteiger partial charge in [0.2, 0.25) is 0 Å². The van der Waals surface area contributed by atoms with Crippen LogP contribution in [0.4, 0.5) is 5.69 Å². The van der Waals surface area contributed by atoms with Crippen molar-refractivity contribution < 1.29 is 0 Å². The van der Waals surface area contributed by atoms with Crippen molar-refractivity contribution >= 4 is 28.9 Å².